The number of amides is 1. The molecule has 0 spiro atoms. The van der Waals surface area contributed by atoms with Crippen LogP contribution >= 0.6 is 0 Å². The van der Waals surface area contributed by atoms with Crippen molar-refractivity contribution in [3.05, 3.63) is 35.9 Å². The van der Waals surface area contributed by atoms with Gasteiger partial charge in [0.1, 0.15) is 6.10 Å². The third-order valence-corrected chi connectivity index (χ3v) is 3.59. The molecule has 7 nitrogen and oxygen atoms in total. The maximum Gasteiger partial charge on any atom is 0.217 e. The van der Waals surface area contributed by atoms with Gasteiger partial charge in [0, 0.05) is 6.92 Å². The van der Waals surface area contributed by atoms with E-state index in [0.29, 0.717) is 0 Å². The molecule has 1 aromatic carbocycles. The molecule has 1 fully saturated rings. The van der Waals surface area contributed by atoms with Gasteiger partial charge in [-0.15, -0.1) is 0 Å². The Bertz CT molecular complexity index is 482. The standard InChI is InChI=1S/C15H22N2O5/c1-9(19)17-13-11(7-18)22-15(12(16)14(13)20)21-8-10-5-3-2-4-6-10/h2-6,11-15,18,20H,7-8,16H2,1H3,(H,17,19)/t11-,12-,13-,14-,15-/m1/s1. The number of hydrogen-bond acceptors (Lipinski definition) is 6. The molecule has 1 aromatic rings. The number of ether oxygens (including phenoxy) is 2. The summed E-state index contributed by atoms with van der Waals surface area (Å²) in [6.45, 7) is 1.24. The number of nitrogens with one attached hydrogen (secondary N) is 1. The first-order valence-corrected chi connectivity index (χ1v) is 7.15. The summed E-state index contributed by atoms with van der Waals surface area (Å²) < 4.78 is 11.2. The lowest BCUT2D eigenvalue weighted by molar-refractivity contribution is -0.245. The predicted molar refractivity (Wildman–Crippen MR) is 78.6 cm³/mol. The van der Waals surface area contributed by atoms with Crippen molar-refractivity contribution in [3.63, 3.8) is 0 Å². The Hall–Kier alpha value is -1.51. The summed E-state index contributed by atoms with van der Waals surface area (Å²) in [4.78, 5) is 11.2. The minimum absolute atomic E-state index is 0.273. The third-order valence-electron chi connectivity index (χ3n) is 3.59. The Morgan fingerprint density at radius 3 is 2.68 bits per heavy atom. The maximum atomic E-state index is 11.2. The van der Waals surface area contributed by atoms with E-state index in [1.165, 1.54) is 6.92 Å². The smallest absolute Gasteiger partial charge is 0.217 e. The topological polar surface area (TPSA) is 114 Å². The zero-order valence-corrected chi connectivity index (χ0v) is 12.4. The highest BCUT2D eigenvalue weighted by atomic mass is 16.7. The molecule has 0 aliphatic carbocycles. The Morgan fingerprint density at radius 1 is 1.41 bits per heavy atom. The first kappa shape index (κ1) is 16.9. The molecule has 1 heterocycles. The van der Waals surface area contributed by atoms with Crippen LogP contribution in [0.1, 0.15) is 12.5 Å². The molecule has 0 saturated carbocycles. The molecular formula is C15H22N2O5. The Labute approximate surface area is 129 Å². The van der Waals surface area contributed by atoms with Crippen LogP contribution in [-0.4, -0.2) is 53.3 Å². The van der Waals surface area contributed by atoms with Crippen LogP contribution in [0.4, 0.5) is 0 Å². The van der Waals surface area contributed by atoms with Crippen LogP contribution in [0.2, 0.25) is 0 Å². The zero-order valence-electron chi connectivity index (χ0n) is 12.4. The number of benzene rings is 1. The number of carbonyl (C=O) groups is 1. The number of rotatable bonds is 5. The predicted octanol–water partition coefficient (Wildman–Crippen LogP) is -0.887. The van der Waals surface area contributed by atoms with Crippen molar-refractivity contribution in [2.75, 3.05) is 6.61 Å². The van der Waals surface area contributed by atoms with Crippen molar-refractivity contribution in [2.45, 2.75) is 44.1 Å². The van der Waals surface area contributed by atoms with Gasteiger partial charge in [-0.2, -0.15) is 0 Å². The van der Waals surface area contributed by atoms with Gasteiger partial charge in [-0.1, -0.05) is 30.3 Å². The van der Waals surface area contributed by atoms with E-state index in [0.717, 1.165) is 5.56 Å². The van der Waals surface area contributed by atoms with E-state index in [9.17, 15) is 15.0 Å². The first-order valence-electron chi connectivity index (χ1n) is 7.15. The molecular weight excluding hydrogens is 288 g/mol. The van der Waals surface area contributed by atoms with Crippen molar-refractivity contribution in [3.8, 4) is 0 Å². The molecule has 22 heavy (non-hydrogen) atoms. The van der Waals surface area contributed by atoms with Gasteiger partial charge in [0.2, 0.25) is 5.91 Å². The Morgan fingerprint density at radius 2 is 2.09 bits per heavy atom. The van der Waals surface area contributed by atoms with Crippen molar-refractivity contribution in [2.24, 2.45) is 5.73 Å². The summed E-state index contributed by atoms with van der Waals surface area (Å²) >= 11 is 0. The van der Waals surface area contributed by atoms with Gasteiger partial charge in [0.15, 0.2) is 6.29 Å². The monoisotopic (exact) mass is 310 g/mol. The highest BCUT2D eigenvalue weighted by molar-refractivity contribution is 5.73. The van der Waals surface area contributed by atoms with Crippen molar-refractivity contribution >= 4 is 5.91 Å². The first-order chi connectivity index (χ1) is 10.5. The summed E-state index contributed by atoms with van der Waals surface area (Å²) in [5, 5.41) is 22.2. The fraction of sp³-hybridized carbons (Fsp3) is 0.533. The van der Waals surface area contributed by atoms with E-state index in [2.05, 4.69) is 5.32 Å². The normalized spacial score (nSPS) is 31.7. The average molecular weight is 310 g/mol. The lowest BCUT2D eigenvalue weighted by atomic mass is 9.95. The summed E-state index contributed by atoms with van der Waals surface area (Å²) in [5.74, 6) is -0.332. The fourth-order valence-corrected chi connectivity index (χ4v) is 2.44. The van der Waals surface area contributed by atoms with Crippen LogP contribution in [0.15, 0.2) is 30.3 Å². The van der Waals surface area contributed by atoms with E-state index in [-0.39, 0.29) is 19.1 Å². The highest BCUT2D eigenvalue weighted by Gasteiger charge is 2.44. The summed E-state index contributed by atoms with van der Waals surface area (Å²) in [7, 11) is 0. The summed E-state index contributed by atoms with van der Waals surface area (Å²) in [6, 6.07) is 7.87. The number of hydrogen-bond donors (Lipinski definition) is 4. The number of aliphatic hydroxyl groups excluding tert-OH is 2. The lowest BCUT2D eigenvalue weighted by Crippen LogP contribution is -2.67. The molecule has 1 saturated heterocycles. The van der Waals surface area contributed by atoms with Gasteiger partial charge >= 0.3 is 0 Å². The second kappa shape index (κ2) is 7.66. The highest BCUT2D eigenvalue weighted by Crippen LogP contribution is 2.21. The molecule has 0 aromatic heterocycles. The molecule has 2 rings (SSSR count). The second-order valence-corrected chi connectivity index (χ2v) is 5.32. The van der Waals surface area contributed by atoms with Crippen molar-refractivity contribution in [1.82, 2.24) is 5.32 Å². The summed E-state index contributed by atoms with van der Waals surface area (Å²) in [6.07, 6.45) is -2.72. The van der Waals surface area contributed by atoms with Crippen LogP contribution in [0.25, 0.3) is 0 Å². The molecule has 0 radical (unpaired) electrons. The molecule has 0 unspecified atom stereocenters. The Kier molecular flexibility index (Phi) is 5.87. The molecule has 0 bridgehead atoms. The van der Waals surface area contributed by atoms with E-state index in [1.807, 2.05) is 30.3 Å². The second-order valence-electron chi connectivity index (χ2n) is 5.32. The van der Waals surface area contributed by atoms with Gasteiger partial charge < -0.3 is 30.7 Å². The molecule has 1 aliphatic heterocycles. The maximum absolute atomic E-state index is 11.2. The molecule has 5 atom stereocenters. The van der Waals surface area contributed by atoms with Gasteiger partial charge in [0.05, 0.1) is 31.4 Å². The quantitative estimate of drug-likeness (QED) is 0.561. The molecule has 5 N–H and O–H groups in total. The number of nitrogens with two attached hydrogens (primary N) is 1. The van der Waals surface area contributed by atoms with E-state index in [4.69, 9.17) is 15.2 Å². The minimum Gasteiger partial charge on any atom is -0.394 e. The van der Waals surface area contributed by atoms with Gasteiger partial charge in [0.25, 0.3) is 0 Å². The lowest BCUT2D eigenvalue weighted by Gasteiger charge is -2.42. The van der Waals surface area contributed by atoms with E-state index >= 15 is 0 Å². The van der Waals surface area contributed by atoms with Gasteiger partial charge in [-0.3, -0.25) is 4.79 Å². The van der Waals surface area contributed by atoms with Crippen molar-refractivity contribution < 1.29 is 24.5 Å². The van der Waals surface area contributed by atoms with E-state index < -0.39 is 30.6 Å². The largest absolute Gasteiger partial charge is 0.394 e. The molecule has 122 valence electrons. The van der Waals surface area contributed by atoms with Crippen LogP contribution in [0, 0.1) is 0 Å². The van der Waals surface area contributed by atoms with Gasteiger partial charge in [-0.05, 0) is 5.56 Å². The fourth-order valence-electron chi connectivity index (χ4n) is 2.44. The summed E-state index contributed by atoms with van der Waals surface area (Å²) in [5.41, 5.74) is 6.88. The van der Waals surface area contributed by atoms with Crippen LogP contribution in [0.3, 0.4) is 0 Å². The van der Waals surface area contributed by atoms with Crippen LogP contribution in [-0.2, 0) is 20.9 Å². The number of aliphatic hydroxyl groups is 2. The molecule has 1 aliphatic rings. The molecule has 7 heteroatoms. The number of carbonyl (C=O) groups excluding carboxylic acids is 1. The SMILES string of the molecule is CC(=O)N[C@H]1[C@H](O)[C@@H](N)[C@H](OCc2ccccc2)O[C@@H]1CO. The van der Waals surface area contributed by atoms with Gasteiger partial charge in [-0.25, -0.2) is 0 Å². The average Bonchev–Trinajstić information content (AvgIpc) is 2.52. The van der Waals surface area contributed by atoms with Crippen LogP contribution < -0.4 is 11.1 Å². The van der Waals surface area contributed by atoms with Crippen molar-refractivity contribution in [1.29, 1.82) is 0 Å². The minimum atomic E-state index is -1.07. The van der Waals surface area contributed by atoms with E-state index in [1.54, 1.807) is 0 Å². The third kappa shape index (κ3) is 4.02. The van der Waals surface area contributed by atoms with Crippen LogP contribution in [0.5, 0.6) is 0 Å². The zero-order chi connectivity index (χ0) is 16.1. The molecule has 1 amide bonds. The Balaban J connectivity index is 2.00.